The number of benzene rings is 2. The van der Waals surface area contributed by atoms with Crippen LogP contribution < -0.4 is 10.1 Å². The number of carbonyl (C=O) groups is 2. The summed E-state index contributed by atoms with van der Waals surface area (Å²) in [4.78, 5) is 23.4. The van der Waals surface area contributed by atoms with Crippen molar-refractivity contribution >= 4 is 23.5 Å². The first-order chi connectivity index (χ1) is 10.5. The molecule has 4 nitrogen and oxygen atoms in total. The third-order valence-electron chi connectivity index (χ3n) is 2.99. The van der Waals surface area contributed by atoms with E-state index in [-0.39, 0.29) is 18.9 Å². The van der Waals surface area contributed by atoms with Crippen molar-refractivity contribution in [1.82, 2.24) is 5.32 Å². The normalized spacial score (nSPS) is 10.1. The molecule has 0 aliphatic carbocycles. The number of esters is 1. The van der Waals surface area contributed by atoms with Gasteiger partial charge in [0, 0.05) is 5.02 Å². The Morgan fingerprint density at radius 1 is 1.09 bits per heavy atom. The molecule has 0 spiro atoms. The lowest BCUT2D eigenvalue weighted by Gasteiger charge is -2.07. The van der Waals surface area contributed by atoms with Crippen LogP contribution >= 0.6 is 11.6 Å². The molecular weight excluding hydrogens is 302 g/mol. The minimum absolute atomic E-state index is 0.123. The van der Waals surface area contributed by atoms with Gasteiger partial charge in [-0.15, -0.1) is 0 Å². The zero-order chi connectivity index (χ0) is 15.9. The molecule has 2 aromatic rings. The SMILES string of the molecule is Cc1ccc(OC(=O)CNC(=O)Cc2ccccc2Cl)cc1. The smallest absolute Gasteiger partial charge is 0.330 e. The van der Waals surface area contributed by atoms with E-state index in [0.717, 1.165) is 5.56 Å². The number of ether oxygens (including phenoxy) is 1. The summed E-state index contributed by atoms with van der Waals surface area (Å²) in [5.74, 6) is -0.346. The molecule has 0 aliphatic rings. The number of rotatable bonds is 5. The van der Waals surface area contributed by atoms with Crippen LogP contribution in [0, 0.1) is 6.92 Å². The van der Waals surface area contributed by atoms with Gasteiger partial charge in [-0.25, -0.2) is 4.79 Å². The van der Waals surface area contributed by atoms with Gasteiger partial charge >= 0.3 is 5.97 Å². The average Bonchev–Trinajstić information content (AvgIpc) is 2.50. The van der Waals surface area contributed by atoms with Crippen LogP contribution in [0.1, 0.15) is 11.1 Å². The first kappa shape index (κ1) is 16.0. The molecule has 0 saturated carbocycles. The third-order valence-corrected chi connectivity index (χ3v) is 3.36. The van der Waals surface area contributed by atoms with Crippen molar-refractivity contribution < 1.29 is 14.3 Å². The molecule has 0 atom stereocenters. The highest BCUT2D eigenvalue weighted by molar-refractivity contribution is 6.31. The van der Waals surface area contributed by atoms with Gasteiger partial charge in [0.05, 0.1) is 6.42 Å². The molecule has 1 N–H and O–H groups in total. The molecule has 0 aromatic heterocycles. The van der Waals surface area contributed by atoms with Crippen LogP contribution in [0.2, 0.25) is 5.02 Å². The van der Waals surface area contributed by atoms with Crippen LogP contribution in [0.3, 0.4) is 0 Å². The second-order valence-corrected chi connectivity index (χ2v) is 5.24. The molecule has 114 valence electrons. The number of nitrogens with one attached hydrogen (secondary N) is 1. The fourth-order valence-corrected chi connectivity index (χ4v) is 2.02. The predicted molar refractivity (Wildman–Crippen MR) is 85.0 cm³/mol. The van der Waals surface area contributed by atoms with Gasteiger partial charge in [0.25, 0.3) is 0 Å². The van der Waals surface area contributed by atoms with Crippen LogP contribution in [-0.4, -0.2) is 18.4 Å². The third kappa shape index (κ3) is 4.90. The lowest BCUT2D eigenvalue weighted by atomic mass is 10.1. The number of carbonyl (C=O) groups excluding carboxylic acids is 2. The van der Waals surface area contributed by atoms with Gasteiger partial charge < -0.3 is 10.1 Å². The molecule has 0 radical (unpaired) electrons. The van der Waals surface area contributed by atoms with Gasteiger partial charge in [-0.2, -0.15) is 0 Å². The van der Waals surface area contributed by atoms with Gasteiger partial charge in [-0.05, 0) is 30.7 Å². The maximum Gasteiger partial charge on any atom is 0.330 e. The molecule has 5 heteroatoms. The minimum atomic E-state index is -0.517. The zero-order valence-corrected chi connectivity index (χ0v) is 12.9. The molecule has 0 saturated heterocycles. The van der Waals surface area contributed by atoms with E-state index in [0.29, 0.717) is 16.3 Å². The molecule has 0 unspecified atom stereocenters. The Kier molecular flexibility index (Phi) is 5.55. The zero-order valence-electron chi connectivity index (χ0n) is 12.1. The lowest BCUT2D eigenvalue weighted by Crippen LogP contribution is -2.32. The van der Waals surface area contributed by atoms with E-state index in [9.17, 15) is 9.59 Å². The van der Waals surface area contributed by atoms with Crippen LogP contribution in [0.25, 0.3) is 0 Å². The van der Waals surface area contributed by atoms with E-state index in [2.05, 4.69) is 5.32 Å². The highest BCUT2D eigenvalue weighted by Crippen LogP contribution is 2.15. The van der Waals surface area contributed by atoms with E-state index >= 15 is 0 Å². The van der Waals surface area contributed by atoms with Gasteiger partial charge in [-0.3, -0.25) is 4.79 Å². The number of amides is 1. The summed E-state index contributed by atoms with van der Waals surface area (Å²) >= 11 is 5.98. The highest BCUT2D eigenvalue weighted by Gasteiger charge is 2.10. The summed E-state index contributed by atoms with van der Waals surface area (Å²) in [5.41, 5.74) is 1.79. The standard InChI is InChI=1S/C17H16ClNO3/c1-12-6-8-14(9-7-12)22-17(21)11-19-16(20)10-13-4-2-3-5-15(13)18/h2-9H,10-11H2,1H3,(H,19,20). The molecule has 1 amide bonds. The van der Waals surface area contributed by atoms with Crippen molar-refractivity contribution in [2.45, 2.75) is 13.3 Å². The van der Waals surface area contributed by atoms with Crippen LogP contribution in [0.15, 0.2) is 48.5 Å². The van der Waals surface area contributed by atoms with Crippen molar-refractivity contribution in [2.24, 2.45) is 0 Å². The van der Waals surface area contributed by atoms with E-state index in [1.54, 1.807) is 36.4 Å². The van der Waals surface area contributed by atoms with E-state index < -0.39 is 5.97 Å². The minimum Gasteiger partial charge on any atom is -0.425 e. The second kappa shape index (κ2) is 7.61. The molecular formula is C17H16ClNO3. The number of aryl methyl sites for hydroxylation is 1. The van der Waals surface area contributed by atoms with Crippen molar-refractivity contribution in [3.8, 4) is 5.75 Å². The summed E-state index contributed by atoms with van der Waals surface area (Å²) in [7, 11) is 0. The summed E-state index contributed by atoms with van der Waals surface area (Å²) in [6.45, 7) is 1.76. The Morgan fingerprint density at radius 3 is 2.45 bits per heavy atom. The fraction of sp³-hybridized carbons (Fsp3) is 0.176. The molecule has 0 heterocycles. The first-order valence-corrected chi connectivity index (χ1v) is 7.20. The molecule has 0 fully saturated rings. The number of hydrogen-bond acceptors (Lipinski definition) is 3. The Bertz CT molecular complexity index is 668. The molecule has 22 heavy (non-hydrogen) atoms. The van der Waals surface area contributed by atoms with E-state index in [4.69, 9.17) is 16.3 Å². The van der Waals surface area contributed by atoms with Gasteiger partial charge in [0.15, 0.2) is 0 Å². The first-order valence-electron chi connectivity index (χ1n) is 6.82. The van der Waals surface area contributed by atoms with E-state index in [1.807, 2.05) is 19.1 Å². The van der Waals surface area contributed by atoms with Gasteiger partial charge in [0.1, 0.15) is 12.3 Å². The second-order valence-electron chi connectivity index (χ2n) is 4.83. The van der Waals surface area contributed by atoms with Crippen LogP contribution in [0.4, 0.5) is 0 Å². The monoisotopic (exact) mass is 317 g/mol. The average molecular weight is 318 g/mol. The van der Waals surface area contributed by atoms with Crippen molar-refractivity contribution in [2.75, 3.05) is 6.54 Å². The fourth-order valence-electron chi connectivity index (χ4n) is 1.82. The number of halogens is 1. The summed E-state index contributed by atoms with van der Waals surface area (Å²) in [6, 6.07) is 14.2. The summed E-state index contributed by atoms with van der Waals surface area (Å²) in [5, 5.41) is 3.05. The Balaban J connectivity index is 1.79. The summed E-state index contributed by atoms with van der Waals surface area (Å²) in [6.07, 6.45) is 0.123. The highest BCUT2D eigenvalue weighted by atomic mass is 35.5. The quantitative estimate of drug-likeness (QED) is 0.681. The van der Waals surface area contributed by atoms with Crippen molar-refractivity contribution in [3.05, 3.63) is 64.7 Å². The van der Waals surface area contributed by atoms with Crippen LogP contribution in [-0.2, 0) is 16.0 Å². The van der Waals surface area contributed by atoms with Gasteiger partial charge in [-0.1, -0.05) is 47.5 Å². The molecule has 0 bridgehead atoms. The Morgan fingerprint density at radius 2 is 1.77 bits per heavy atom. The molecule has 0 aliphatic heterocycles. The van der Waals surface area contributed by atoms with Gasteiger partial charge in [0.2, 0.25) is 5.91 Å². The predicted octanol–water partition coefficient (Wildman–Crippen LogP) is 2.91. The maximum absolute atomic E-state index is 11.8. The Hall–Kier alpha value is -2.33. The number of hydrogen-bond donors (Lipinski definition) is 1. The topological polar surface area (TPSA) is 55.4 Å². The van der Waals surface area contributed by atoms with Crippen molar-refractivity contribution in [1.29, 1.82) is 0 Å². The van der Waals surface area contributed by atoms with Crippen molar-refractivity contribution in [3.63, 3.8) is 0 Å². The molecule has 2 aromatic carbocycles. The molecule has 2 rings (SSSR count). The van der Waals surface area contributed by atoms with Crippen LogP contribution in [0.5, 0.6) is 5.75 Å². The lowest BCUT2D eigenvalue weighted by molar-refractivity contribution is -0.135. The Labute approximate surface area is 134 Å². The maximum atomic E-state index is 11.8. The largest absolute Gasteiger partial charge is 0.425 e. The summed E-state index contributed by atoms with van der Waals surface area (Å²) < 4.78 is 5.11. The van der Waals surface area contributed by atoms with E-state index in [1.165, 1.54) is 0 Å².